The van der Waals surface area contributed by atoms with Gasteiger partial charge in [0.15, 0.2) is 5.13 Å². The van der Waals surface area contributed by atoms with Gasteiger partial charge in [-0.1, -0.05) is 18.2 Å². The summed E-state index contributed by atoms with van der Waals surface area (Å²) in [5.41, 5.74) is 1.62. The van der Waals surface area contributed by atoms with Crippen molar-refractivity contribution >= 4 is 40.4 Å². The molecule has 0 aliphatic carbocycles. The first-order valence-electron chi connectivity index (χ1n) is 8.95. The number of hydrogen-bond acceptors (Lipinski definition) is 6. The maximum absolute atomic E-state index is 12.2. The molecular weight excluding hydrogens is 392 g/mol. The van der Waals surface area contributed by atoms with Crippen LogP contribution in [0.2, 0.25) is 0 Å². The number of methoxy groups -OCH3 is 1. The van der Waals surface area contributed by atoms with E-state index in [1.807, 2.05) is 24.3 Å². The van der Waals surface area contributed by atoms with Crippen molar-refractivity contribution in [3.8, 4) is 5.75 Å². The number of allylic oxidation sites excluding steroid dienone is 1. The number of hydrogen-bond donors (Lipinski definition) is 2. The number of rotatable bonds is 8. The second kappa shape index (κ2) is 9.74. The highest BCUT2D eigenvalue weighted by atomic mass is 32.1. The molecule has 3 amide bonds. The second-order valence-corrected chi connectivity index (χ2v) is 7.10. The fraction of sp³-hybridized carbons (Fsp3) is 0.250. The lowest BCUT2D eigenvalue weighted by Crippen LogP contribution is -2.28. The summed E-state index contributed by atoms with van der Waals surface area (Å²) in [5, 5.41) is 7.48. The zero-order chi connectivity index (χ0) is 20.6. The molecule has 2 N–H and O–H groups in total. The summed E-state index contributed by atoms with van der Waals surface area (Å²) < 4.78 is 5.18. The van der Waals surface area contributed by atoms with Crippen molar-refractivity contribution in [2.45, 2.75) is 12.8 Å². The van der Waals surface area contributed by atoms with E-state index in [1.54, 1.807) is 18.6 Å². The van der Waals surface area contributed by atoms with Crippen LogP contribution >= 0.6 is 11.3 Å². The molecule has 0 saturated heterocycles. The van der Waals surface area contributed by atoms with Crippen LogP contribution in [0.1, 0.15) is 11.3 Å². The predicted octanol–water partition coefficient (Wildman–Crippen LogP) is 1.77. The molecule has 1 aromatic heterocycles. The fourth-order valence-electron chi connectivity index (χ4n) is 2.67. The fourth-order valence-corrected chi connectivity index (χ4v) is 3.38. The number of anilines is 1. The Kier molecular flexibility index (Phi) is 6.85. The first kappa shape index (κ1) is 20.4. The molecule has 1 atom stereocenters. The number of amides is 3. The summed E-state index contributed by atoms with van der Waals surface area (Å²) in [6.07, 6.45) is 5.17. The zero-order valence-electron chi connectivity index (χ0n) is 15.8. The van der Waals surface area contributed by atoms with Gasteiger partial charge in [-0.15, -0.1) is 11.3 Å². The van der Waals surface area contributed by atoms with Crippen molar-refractivity contribution in [2.75, 3.05) is 19.0 Å². The van der Waals surface area contributed by atoms with Gasteiger partial charge in [0.25, 0.3) is 5.91 Å². The van der Waals surface area contributed by atoms with Crippen molar-refractivity contribution in [3.05, 3.63) is 53.1 Å². The van der Waals surface area contributed by atoms with Crippen molar-refractivity contribution in [1.82, 2.24) is 10.3 Å². The van der Waals surface area contributed by atoms with Crippen LogP contribution in [-0.2, 0) is 27.2 Å². The molecule has 2 aromatic rings. The van der Waals surface area contributed by atoms with Gasteiger partial charge < -0.3 is 15.4 Å². The number of aliphatic imine (C=N–C) groups is 1. The highest BCUT2D eigenvalue weighted by molar-refractivity contribution is 7.14. The van der Waals surface area contributed by atoms with Gasteiger partial charge in [0.05, 0.1) is 19.2 Å². The summed E-state index contributed by atoms with van der Waals surface area (Å²) in [4.78, 5) is 43.7. The number of carbonyl (C=O) groups excluding carboxylic acids is 3. The third kappa shape index (κ3) is 5.82. The van der Waals surface area contributed by atoms with Gasteiger partial charge >= 0.3 is 0 Å². The largest absolute Gasteiger partial charge is 0.497 e. The van der Waals surface area contributed by atoms with Gasteiger partial charge in [-0.05, 0) is 30.2 Å². The molecule has 0 radical (unpaired) electrons. The summed E-state index contributed by atoms with van der Waals surface area (Å²) in [5.74, 6) is -1.34. The monoisotopic (exact) mass is 412 g/mol. The summed E-state index contributed by atoms with van der Waals surface area (Å²) in [6.45, 7) is 0.496. The number of dihydropyridines is 1. The minimum atomic E-state index is -0.952. The van der Waals surface area contributed by atoms with Gasteiger partial charge in [0.1, 0.15) is 11.7 Å². The third-order valence-corrected chi connectivity index (χ3v) is 4.94. The zero-order valence-corrected chi connectivity index (χ0v) is 16.6. The number of nitrogens with zero attached hydrogens (tertiary/aromatic N) is 2. The minimum Gasteiger partial charge on any atom is -0.497 e. The van der Waals surface area contributed by atoms with Gasteiger partial charge in [-0.2, -0.15) is 0 Å². The van der Waals surface area contributed by atoms with Gasteiger partial charge in [0.2, 0.25) is 11.8 Å². The lowest BCUT2D eigenvalue weighted by atomic mass is 10.1. The third-order valence-electron chi connectivity index (χ3n) is 4.13. The Morgan fingerprint density at radius 2 is 2.17 bits per heavy atom. The van der Waals surface area contributed by atoms with Crippen LogP contribution in [0, 0.1) is 5.92 Å². The first-order chi connectivity index (χ1) is 14.0. The van der Waals surface area contributed by atoms with Crippen molar-refractivity contribution < 1.29 is 19.1 Å². The van der Waals surface area contributed by atoms with E-state index in [2.05, 4.69) is 20.6 Å². The Morgan fingerprint density at radius 3 is 2.97 bits per heavy atom. The van der Waals surface area contributed by atoms with E-state index in [-0.39, 0.29) is 12.3 Å². The Labute approximate surface area is 171 Å². The van der Waals surface area contributed by atoms with Crippen molar-refractivity contribution in [3.63, 3.8) is 0 Å². The minimum absolute atomic E-state index is 0.108. The predicted molar refractivity (Wildman–Crippen MR) is 110 cm³/mol. The molecule has 0 bridgehead atoms. The second-order valence-electron chi connectivity index (χ2n) is 6.24. The average molecular weight is 412 g/mol. The number of nitrogens with one attached hydrogen (secondary N) is 2. The number of aromatic nitrogens is 1. The quantitative estimate of drug-likeness (QED) is 0.642. The van der Waals surface area contributed by atoms with Crippen LogP contribution in [0.25, 0.3) is 0 Å². The Hall–Kier alpha value is -3.33. The topological polar surface area (TPSA) is 110 Å². The van der Waals surface area contributed by atoms with E-state index in [1.165, 1.54) is 23.6 Å². The molecule has 0 fully saturated rings. The Bertz CT molecular complexity index is 967. The van der Waals surface area contributed by atoms with Crippen LogP contribution in [0.15, 0.2) is 46.8 Å². The number of ether oxygens (including phenoxy) is 1. The van der Waals surface area contributed by atoms with Crippen molar-refractivity contribution in [2.24, 2.45) is 10.9 Å². The number of carbonyl (C=O) groups is 3. The van der Waals surface area contributed by atoms with E-state index in [4.69, 9.17) is 4.74 Å². The van der Waals surface area contributed by atoms with E-state index in [0.29, 0.717) is 23.8 Å². The van der Waals surface area contributed by atoms with Crippen LogP contribution < -0.4 is 15.4 Å². The van der Waals surface area contributed by atoms with Crippen molar-refractivity contribution in [1.29, 1.82) is 0 Å². The molecule has 3 rings (SSSR count). The first-order valence-corrected chi connectivity index (χ1v) is 9.82. The van der Waals surface area contributed by atoms with Gasteiger partial charge in [-0.3, -0.25) is 14.4 Å². The molecule has 8 nitrogen and oxygen atoms in total. The maximum atomic E-state index is 12.2. The number of benzene rings is 1. The Balaban J connectivity index is 1.45. The molecule has 0 saturated carbocycles. The molecule has 1 aliphatic heterocycles. The summed E-state index contributed by atoms with van der Waals surface area (Å²) in [6, 6.07) is 7.68. The molecule has 0 spiro atoms. The Morgan fingerprint density at radius 1 is 1.31 bits per heavy atom. The highest BCUT2D eigenvalue weighted by Crippen LogP contribution is 2.18. The molecule has 2 heterocycles. The maximum Gasteiger partial charge on any atom is 0.262 e. The average Bonchev–Trinajstić information content (AvgIpc) is 3.15. The molecule has 1 aromatic carbocycles. The molecule has 1 aliphatic rings. The standard InChI is InChI=1S/C20H20N4O4S/c1-28-15-5-2-4-13(10-15)7-9-21-17(25)11-14-12-29-20(23-14)24-19(27)16-6-3-8-22-18(16)26/h2-6,8,10,12,16H,7,9,11H2,1H3,(H,21,25)(H,23,24,27). The van der Waals surface area contributed by atoms with E-state index < -0.39 is 17.7 Å². The normalized spacial score (nSPS) is 15.2. The molecule has 150 valence electrons. The molecular formula is C20H20N4O4S. The van der Waals surface area contributed by atoms with Crippen LogP contribution in [0.5, 0.6) is 5.75 Å². The number of thiazole rings is 1. The van der Waals surface area contributed by atoms with Crippen LogP contribution in [0.3, 0.4) is 0 Å². The summed E-state index contributed by atoms with van der Waals surface area (Å²) >= 11 is 1.20. The molecule has 1 unspecified atom stereocenters. The van der Waals surface area contributed by atoms with Gasteiger partial charge in [0, 0.05) is 18.1 Å². The lowest BCUT2D eigenvalue weighted by Gasteiger charge is -2.09. The van der Waals surface area contributed by atoms with Crippen LogP contribution in [0.4, 0.5) is 5.13 Å². The lowest BCUT2D eigenvalue weighted by molar-refractivity contribution is -0.128. The van der Waals surface area contributed by atoms with E-state index in [9.17, 15) is 14.4 Å². The molecule has 29 heavy (non-hydrogen) atoms. The highest BCUT2D eigenvalue weighted by Gasteiger charge is 2.25. The molecule has 9 heteroatoms. The van der Waals surface area contributed by atoms with E-state index >= 15 is 0 Å². The van der Waals surface area contributed by atoms with Crippen LogP contribution in [-0.4, -0.2) is 42.6 Å². The smallest absolute Gasteiger partial charge is 0.262 e. The van der Waals surface area contributed by atoms with E-state index in [0.717, 1.165) is 11.3 Å². The summed E-state index contributed by atoms with van der Waals surface area (Å²) in [7, 11) is 1.61. The SMILES string of the molecule is COc1cccc(CCNC(=O)Cc2csc(NC(=O)C3C=CC=NC3=O)n2)c1. The van der Waals surface area contributed by atoms with Gasteiger partial charge in [-0.25, -0.2) is 9.98 Å².